The second-order valence-electron chi connectivity index (χ2n) is 6.54. The van der Waals surface area contributed by atoms with Gasteiger partial charge in [-0.2, -0.15) is 0 Å². The third-order valence-electron chi connectivity index (χ3n) is 4.89. The van der Waals surface area contributed by atoms with Crippen LogP contribution in [-0.2, 0) is 16.9 Å². The molecule has 1 N–H and O–H groups in total. The van der Waals surface area contributed by atoms with Crippen LogP contribution in [0.1, 0.15) is 23.2 Å². The van der Waals surface area contributed by atoms with Crippen molar-refractivity contribution in [2.24, 2.45) is 7.05 Å². The molecule has 1 aromatic carbocycles. The van der Waals surface area contributed by atoms with E-state index < -0.39 is 15.1 Å². The Morgan fingerprint density at radius 1 is 1.23 bits per heavy atom. The van der Waals surface area contributed by atoms with Crippen LogP contribution in [0.15, 0.2) is 41.9 Å². The van der Waals surface area contributed by atoms with Gasteiger partial charge in [-0.05, 0) is 37.1 Å². The zero-order valence-electron chi connectivity index (χ0n) is 14.3. The number of hydrogen-bond donors (Lipinski definition) is 1. The van der Waals surface area contributed by atoms with Crippen molar-refractivity contribution >= 4 is 26.6 Å². The highest BCUT2D eigenvalue weighted by atomic mass is 32.2. The molecule has 1 aliphatic rings. The van der Waals surface area contributed by atoms with Crippen molar-refractivity contribution in [3.8, 4) is 0 Å². The molecule has 1 saturated heterocycles. The Labute approximate surface area is 150 Å². The van der Waals surface area contributed by atoms with Gasteiger partial charge in [-0.1, -0.05) is 0 Å². The number of amides is 1. The Bertz CT molecular complexity index is 1060. The first-order valence-corrected chi connectivity index (χ1v) is 9.96. The Hall–Kier alpha value is -2.68. The van der Waals surface area contributed by atoms with E-state index in [1.54, 1.807) is 18.0 Å². The number of carbonyl (C=O) groups is 1. The van der Waals surface area contributed by atoms with E-state index in [9.17, 15) is 13.2 Å². The molecule has 9 heteroatoms. The Balaban J connectivity index is 1.48. The van der Waals surface area contributed by atoms with Crippen LogP contribution in [0.25, 0.3) is 10.9 Å². The van der Waals surface area contributed by atoms with E-state index >= 15 is 0 Å². The molecule has 4 rings (SSSR count). The summed E-state index contributed by atoms with van der Waals surface area (Å²) in [6.45, 7) is 0.817. The predicted octanol–water partition coefficient (Wildman–Crippen LogP) is 1.37. The summed E-state index contributed by atoms with van der Waals surface area (Å²) in [5.74, 6) is -0.0670. The molecule has 3 aromatic rings. The fraction of sp³-hybridized carbons (Fsp3) is 0.353. The molecule has 0 unspecified atom stereocenters. The van der Waals surface area contributed by atoms with Crippen LogP contribution in [0.2, 0.25) is 0 Å². The van der Waals surface area contributed by atoms with Gasteiger partial charge in [-0.15, -0.1) is 10.2 Å². The minimum absolute atomic E-state index is 0.0137. The molecule has 1 fully saturated rings. The van der Waals surface area contributed by atoms with Crippen LogP contribution < -0.4 is 0 Å². The summed E-state index contributed by atoms with van der Waals surface area (Å²) in [4.78, 5) is 17.6. The molecule has 0 saturated carbocycles. The van der Waals surface area contributed by atoms with Gasteiger partial charge in [0.05, 0.1) is 5.25 Å². The topological polar surface area (TPSA) is 101 Å². The molecular formula is C17H19N5O3S. The molecule has 8 nitrogen and oxygen atoms in total. The second-order valence-corrected chi connectivity index (χ2v) is 8.66. The standard InChI is InChI=1S/C17H19N5O3S/c1-21-11-19-20-17(21)26(24,25)14-5-8-22(9-6-14)16(23)13-2-3-15-12(10-13)4-7-18-15/h2-4,7,10-11,14,18H,5-6,8-9H2,1H3. The summed E-state index contributed by atoms with van der Waals surface area (Å²) in [6, 6.07) is 7.46. The first-order chi connectivity index (χ1) is 12.5. The van der Waals surface area contributed by atoms with E-state index in [2.05, 4.69) is 15.2 Å². The zero-order valence-corrected chi connectivity index (χ0v) is 15.1. The first-order valence-electron chi connectivity index (χ1n) is 8.41. The van der Waals surface area contributed by atoms with Gasteiger partial charge in [0, 0.05) is 42.8 Å². The molecule has 0 bridgehead atoms. The van der Waals surface area contributed by atoms with Crippen LogP contribution in [0.5, 0.6) is 0 Å². The number of fused-ring (bicyclic) bond motifs is 1. The lowest BCUT2D eigenvalue weighted by Crippen LogP contribution is -2.42. The maximum Gasteiger partial charge on any atom is 0.253 e. The third kappa shape index (κ3) is 2.78. The predicted molar refractivity (Wildman–Crippen MR) is 95.4 cm³/mol. The number of nitrogens with zero attached hydrogens (tertiary/aromatic N) is 4. The molecule has 26 heavy (non-hydrogen) atoms. The number of carbonyl (C=O) groups excluding carboxylic acids is 1. The monoisotopic (exact) mass is 373 g/mol. The highest BCUT2D eigenvalue weighted by Gasteiger charge is 2.35. The lowest BCUT2D eigenvalue weighted by molar-refractivity contribution is 0.0725. The number of aromatic amines is 1. The van der Waals surface area contributed by atoms with Gasteiger partial charge in [-0.3, -0.25) is 4.79 Å². The fourth-order valence-electron chi connectivity index (χ4n) is 3.42. The van der Waals surface area contributed by atoms with Gasteiger partial charge in [0.1, 0.15) is 6.33 Å². The number of likely N-dealkylation sites (tertiary alicyclic amines) is 1. The van der Waals surface area contributed by atoms with Crippen LogP contribution in [0.3, 0.4) is 0 Å². The Morgan fingerprint density at radius 3 is 2.69 bits per heavy atom. The van der Waals surface area contributed by atoms with E-state index in [4.69, 9.17) is 0 Å². The molecule has 0 radical (unpaired) electrons. The van der Waals surface area contributed by atoms with E-state index in [0.717, 1.165) is 10.9 Å². The van der Waals surface area contributed by atoms with Crippen LogP contribution in [-0.4, -0.2) is 57.3 Å². The number of hydrogen-bond acceptors (Lipinski definition) is 5. The number of piperidine rings is 1. The summed E-state index contributed by atoms with van der Waals surface area (Å²) >= 11 is 0. The van der Waals surface area contributed by atoms with Gasteiger partial charge < -0.3 is 14.5 Å². The van der Waals surface area contributed by atoms with Crippen molar-refractivity contribution < 1.29 is 13.2 Å². The van der Waals surface area contributed by atoms with Crippen molar-refractivity contribution in [3.63, 3.8) is 0 Å². The van der Waals surface area contributed by atoms with Gasteiger partial charge >= 0.3 is 0 Å². The Kier molecular flexibility index (Phi) is 4.03. The largest absolute Gasteiger partial charge is 0.361 e. The summed E-state index contributed by atoms with van der Waals surface area (Å²) in [5.41, 5.74) is 1.60. The lowest BCUT2D eigenvalue weighted by Gasteiger charge is -2.31. The molecule has 1 amide bonds. The molecule has 3 heterocycles. The summed E-state index contributed by atoms with van der Waals surface area (Å²) in [6.07, 6.45) is 4.01. The number of nitrogens with one attached hydrogen (secondary N) is 1. The van der Waals surface area contributed by atoms with Crippen LogP contribution in [0, 0.1) is 0 Å². The van der Waals surface area contributed by atoms with Gasteiger partial charge in [-0.25, -0.2) is 8.42 Å². The number of aryl methyl sites for hydroxylation is 1. The highest BCUT2D eigenvalue weighted by Crippen LogP contribution is 2.24. The van der Waals surface area contributed by atoms with Crippen LogP contribution in [0.4, 0.5) is 0 Å². The average Bonchev–Trinajstić information content (AvgIpc) is 3.29. The lowest BCUT2D eigenvalue weighted by atomic mass is 10.1. The minimum Gasteiger partial charge on any atom is -0.361 e. The van der Waals surface area contributed by atoms with E-state index in [-0.39, 0.29) is 11.1 Å². The molecule has 1 aliphatic heterocycles. The van der Waals surface area contributed by atoms with E-state index in [0.29, 0.717) is 31.5 Å². The molecule has 0 aliphatic carbocycles. The molecule has 136 valence electrons. The van der Waals surface area contributed by atoms with Crippen molar-refractivity contribution in [1.82, 2.24) is 24.6 Å². The number of sulfone groups is 1. The maximum atomic E-state index is 12.7. The zero-order chi connectivity index (χ0) is 18.3. The number of H-pyrrole nitrogens is 1. The summed E-state index contributed by atoms with van der Waals surface area (Å²) < 4.78 is 26.8. The van der Waals surface area contributed by atoms with Crippen molar-refractivity contribution in [2.75, 3.05) is 13.1 Å². The summed E-state index contributed by atoms with van der Waals surface area (Å²) in [5, 5.41) is 7.81. The minimum atomic E-state index is -3.54. The average molecular weight is 373 g/mol. The quantitative estimate of drug-likeness (QED) is 0.747. The maximum absolute atomic E-state index is 12.7. The van der Waals surface area contributed by atoms with E-state index in [1.165, 1.54) is 10.9 Å². The second kappa shape index (κ2) is 6.24. The molecule has 0 atom stereocenters. The molecule has 2 aromatic heterocycles. The third-order valence-corrected chi connectivity index (χ3v) is 7.12. The number of rotatable bonds is 3. The van der Waals surface area contributed by atoms with Gasteiger partial charge in [0.25, 0.3) is 5.91 Å². The van der Waals surface area contributed by atoms with Gasteiger partial charge in [0.2, 0.25) is 15.0 Å². The first kappa shape index (κ1) is 16.8. The van der Waals surface area contributed by atoms with E-state index in [1.807, 2.05) is 24.4 Å². The summed E-state index contributed by atoms with van der Waals surface area (Å²) in [7, 11) is -1.92. The SMILES string of the molecule is Cn1cnnc1S(=O)(=O)C1CCN(C(=O)c2ccc3[nH]ccc3c2)CC1. The van der Waals surface area contributed by atoms with Crippen LogP contribution >= 0.6 is 0 Å². The normalized spacial score (nSPS) is 16.3. The molecular weight excluding hydrogens is 354 g/mol. The van der Waals surface area contributed by atoms with Crippen molar-refractivity contribution in [3.05, 3.63) is 42.4 Å². The fourth-order valence-corrected chi connectivity index (χ4v) is 5.16. The van der Waals surface area contributed by atoms with Gasteiger partial charge in [0.15, 0.2) is 0 Å². The molecule has 0 spiro atoms. The van der Waals surface area contributed by atoms with Crippen molar-refractivity contribution in [1.29, 1.82) is 0 Å². The number of benzene rings is 1. The van der Waals surface area contributed by atoms with Crippen molar-refractivity contribution in [2.45, 2.75) is 23.2 Å². The number of aromatic nitrogens is 4. The highest BCUT2D eigenvalue weighted by molar-refractivity contribution is 7.91. The smallest absolute Gasteiger partial charge is 0.253 e. The Morgan fingerprint density at radius 2 is 2.00 bits per heavy atom.